The second kappa shape index (κ2) is 8.04. The summed E-state index contributed by atoms with van der Waals surface area (Å²) >= 11 is 0. The van der Waals surface area contributed by atoms with Gasteiger partial charge in [0.25, 0.3) is 5.56 Å². The van der Waals surface area contributed by atoms with E-state index in [1.165, 1.54) is 4.57 Å². The average molecular weight is 366 g/mol. The molecule has 0 spiro atoms. The third kappa shape index (κ3) is 3.70. The van der Waals surface area contributed by atoms with Gasteiger partial charge in [0.1, 0.15) is 17.4 Å². The van der Waals surface area contributed by atoms with Crippen LogP contribution in [0.3, 0.4) is 0 Å². The first-order valence-electron chi connectivity index (χ1n) is 9.09. The standard InChI is InChI=1S/C20H22N4O3/c1-3-27-16-10-8-14(9-11-16)22-23-18-13(2)17(12-21)19(25)24(20(18)26)15-6-4-5-7-15/h8-11,15,25H,3-7H2,1-2H3. The summed E-state index contributed by atoms with van der Waals surface area (Å²) in [7, 11) is 0. The zero-order chi connectivity index (χ0) is 19.4. The maximum atomic E-state index is 12.9. The normalized spacial score (nSPS) is 14.6. The average Bonchev–Trinajstić information content (AvgIpc) is 3.18. The van der Waals surface area contributed by atoms with Crippen LogP contribution in [-0.4, -0.2) is 16.3 Å². The summed E-state index contributed by atoms with van der Waals surface area (Å²) in [6, 6.07) is 8.92. The number of aromatic hydroxyl groups is 1. The fraction of sp³-hybridized carbons (Fsp3) is 0.400. The van der Waals surface area contributed by atoms with Gasteiger partial charge in [-0.25, -0.2) is 0 Å². The van der Waals surface area contributed by atoms with Gasteiger partial charge in [0.2, 0.25) is 5.88 Å². The summed E-state index contributed by atoms with van der Waals surface area (Å²) in [4.78, 5) is 12.9. The molecule has 1 aliphatic carbocycles. The number of azo groups is 1. The van der Waals surface area contributed by atoms with Gasteiger partial charge in [-0.1, -0.05) is 12.8 Å². The predicted octanol–water partition coefficient (Wildman–Crippen LogP) is 4.66. The molecule has 1 aromatic carbocycles. The van der Waals surface area contributed by atoms with E-state index in [9.17, 15) is 15.2 Å². The molecule has 1 fully saturated rings. The van der Waals surface area contributed by atoms with Crippen molar-refractivity contribution in [3.63, 3.8) is 0 Å². The van der Waals surface area contributed by atoms with Crippen LogP contribution in [0, 0.1) is 18.3 Å². The number of pyridine rings is 1. The Kier molecular flexibility index (Phi) is 5.55. The molecule has 3 rings (SSSR count). The lowest BCUT2D eigenvalue weighted by Crippen LogP contribution is -2.24. The summed E-state index contributed by atoms with van der Waals surface area (Å²) in [5, 5.41) is 28.2. The maximum absolute atomic E-state index is 12.9. The minimum atomic E-state index is -0.411. The van der Waals surface area contributed by atoms with Crippen molar-refractivity contribution in [2.45, 2.75) is 45.6 Å². The summed E-state index contributed by atoms with van der Waals surface area (Å²) in [6.07, 6.45) is 3.60. The molecule has 1 saturated carbocycles. The van der Waals surface area contributed by atoms with Crippen molar-refractivity contribution < 1.29 is 9.84 Å². The highest BCUT2D eigenvalue weighted by Gasteiger charge is 2.26. The predicted molar refractivity (Wildman–Crippen MR) is 101 cm³/mol. The van der Waals surface area contributed by atoms with E-state index in [-0.39, 0.29) is 23.2 Å². The number of nitriles is 1. The first-order chi connectivity index (χ1) is 13.1. The molecule has 1 aromatic heterocycles. The monoisotopic (exact) mass is 366 g/mol. The van der Waals surface area contributed by atoms with E-state index in [2.05, 4.69) is 10.2 Å². The first kappa shape index (κ1) is 18.6. The number of nitrogens with zero attached hydrogens (tertiary/aromatic N) is 4. The lowest BCUT2D eigenvalue weighted by atomic mass is 10.1. The topological polar surface area (TPSA) is 100.0 Å². The van der Waals surface area contributed by atoms with Gasteiger partial charge in [0, 0.05) is 11.6 Å². The van der Waals surface area contributed by atoms with Crippen molar-refractivity contribution in [1.29, 1.82) is 5.26 Å². The van der Waals surface area contributed by atoms with Gasteiger partial charge in [-0.05, 0) is 51.0 Å². The van der Waals surface area contributed by atoms with E-state index in [4.69, 9.17) is 4.74 Å². The van der Waals surface area contributed by atoms with Crippen LogP contribution in [0.4, 0.5) is 11.4 Å². The van der Waals surface area contributed by atoms with E-state index in [0.29, 0.717) is 17.9 Å². The fourth-order valence-electron chi connectivity index (χ4n) is 3.41. The van der Waals surface area contributed by atoms with Crippen LogP contribution in [0.5, 0.6) is 11.6 Å². The van der Waals surface area contributed by atoms with E-state index in [1.807, 2.05) is 13.0 Å². The molecule has 1 aliphatic rings. The highest BCUT2D eigenvalue weighted by atomic mass is 16.5. The van der Waals surface area contributed by atoms with E-state index in [0.717, 1.165) is 31.4 Å². The van der Waals surface area contributed by atoms with Gasteiger partial charge in [-0.3, -0.25) is 9.36 Å². The summed E-state index contributed by atoms with van der Waals surface area (Å²) in [5.41, 5.74) is 0.651. The Labute approximate surface area is 157 Å². The minimum Gasteiger partial charge on any atom is -0.494 e. The number of hydrogen-bond donors (Lipinski definition) is 1. The van der Waals surface area contributed by atoms with Crippen molar-refractivity contribution >= 4 is 11.4 Å². The maximum Gasteiger partial charge on any atom is 0.281 e. The van der Waals surface area contributed by atoms with Crippen LogP contribution in [-0.2, 0) is 0 Å². The summed E-state index contributed by atoms with van der Waals surface area (Å²) in [6.45, 7) is 4.08. The van der Waals surface area contributed by atoms with Crippen molar-refractivity contribution in [3.05, 3.63) is 45.7 Å². The van der Waals surface area contributed by atoms with Gasteiger partial charge in [0.15, 0.2) is 5.69 Å². The van der Waals surface area contributed by atoms with Crippen LogP contribution in [0.2, 0.25) is 0 Å². The SMILES string of the molecule is CCOc1ccc(N=Nc2c(C)c(C#N)c(O)n(C3CCCC3)c2=O)cc1. The molecule has 0 radical (unpaired) electrons. The molecule has 0 unspecified atom stereocenters. The van der Waals surface area contributed by atoms with Crippen molar-refractivity contribution in [2.75, 3.05) is 6.61 Å². The van der Waals surface area contributed by atoms with Crippen molar-refractivity contribution in [2.24, 2.45) is 10.2 Å². The third-order valence-corrected chi connectivity index (χ3v) is 4.82. The summed E-state index contributed by atoms with van der Waals surface area (Å²) in [5.74, 6) is 0.458. The minimum absolute atomic E-state index is 0.0714. The van der Waals surface area contributed by atoms with Crippen LogP contribution in [0.25, 0.3) is 0 Å². The van der Waals surface area contributed by atoms with E-state index >= 15 is 0 Å². The number of rotatable bonds is 5. The van der Waals surface area contributed by atoms with Crippen molar-refractivity contribution in [1.82, 2.24) is 4.57 Å². The molecular weight excluding hydrogens is 344 g/mol. The Balaban J connectivity index is 2.03. The Morgan fingerprint density at radius 3 is 2.52 bits per heavy atom. The molecule has 140 valence electrons. The zero-order valence-corrected chi connectivity index (χ0v) is 15.5. The summed E-state index contributed by atoms with van der Waals surface area (Å²) < 4.78 is 6.70. The van der Waals surface area contributed by atoms with Gasteiger partial charge in [-0.15, -0.1) is 5.11 Å². The van der Waals surface area contributed by atoms with E-state index in [1.54, 1.807) is 31.2 Å². The van der Waals surface area contributed by atoms with Crippen molar-refractivity contribution in [3.8, 4) is 17.7 Å². The zero-order valence-electron chi connectivity index (χ0n) is 15.5. The first-order valence-corrected chi connectivity index (χ1v) is 9.09. The van der Waals surface area contributed by atoms with E-state index < -0.39 is 5.56 Å². The fourth-order valence-corrected chi connectivity index (χ4v) is 3.41. The molecule has 7 nitrogen and oxygen atoms in total. The van der Waals surface area contributed by atoms with Gasteiger partial charge >= 0.3 is 0 Å². The lowest BCUT2D eigenvalue weighted by molar-refractivity contribution is 0.340. The van der Waals surface area contributed by atoms with Crippen LogP contribution in [0.1, 0.15) is 49.8 Å². The molecule has 7 heteroatoms. The molecule has 0 saturated heterocycles. The Morgan fingerprint density at radius 2 is 1.93 bits per heavy atom. The second-order valence-electron chi connectivity index (χ2n) is 6.52. The quantitative estimate of drug-likeness (QED) is 0.778. The second-order valence-corrected chi connectivity index (χ2v) is 6.52. The molecule has 1 heterocycles. The molecule has 0 bridgehead atoms. The lowest BCUT2D eigenvalue weighted by Gasteiger charge is -2.18. The molecule has 0 atom stereocenters. The molecule has 1 N–H and O–H groups in total. The van der Waals surface area contributed by atoms with Gasteiger partial charge < -0.3 is 9.84 Å². The van der Waals surface area contributed by atoms with Crippen LogP contribution in [0.15, 0.2) is 39.3 Å². The van der Waals surface area contributed by atoms with Crippen LogP contribution < -0.4 is 10.3 Å². The van der Waals surface area contributed by atoms with Gasteiger partial charge in [0.05, 0.1) is 12.3 Å². The highest BCUT2D eigenvalue weighted by molar-refractivity contribution is 5.57. The van der Waals surface area contributed by atoms with Gasteiger partial charge in [-0.2, -0.15) is 10.4 Å². The third-order valence-electron chi connectivity index (χ3n) is 4.82. The number of aromatic nitrogens is 1. The smallest absolute Gasteiger partial charge is 0.281 e. The molecular formula is C20H22N4O3. The number of hydrogen-bond acceptors (Lipinski definition) is 6. The Hall–Kier alpha value is -3.14. The molecule has 0 amide bonds. The van der Waals surface area contributed by atoms with Crippen LogP contribution >= 0.6 is 0 Å². The Bertz CT molecular complexity index is 949. The highest BCUT2D eigenvalue weighted by Crippen LogP contribution is 2.35. The molecule has 2 aromatic rings. The Morgan fingerprint density at radius 1 is 1.26 bits per heavy atom. The largest absolute Gasteiger partial charge is 0.494 e. The number of ether oxygens (including phenoxy) is 1. The molecule has 27 heavy (non-hydrogen) atoms. The number of benzene rings is 1. The molecule has 0 aliphatic heterocycles.